The van der Waals surface area contributed by atoms with E-state index < -0.39 is 0 Å². The number of Topliss-reactive ketones (excluding diaryl/α,β-unsaturated/α-hetero) is 1. The number of benzene rings is 1. The van der Waals surface area contributed by atoms with Gasteiger partial charge in [-0.2, -0.15) is 0 Å². The molecule has 5 heteroatoms. The zero-order valence-corrected chi connectivity index (χ0v) is 10.5. The van der Waals surface area contributed by atoms with E-state index in [1.165, 1.54) is 0 Å². The molecule has 0 aliphatic rings. The van der Waals surface area contributed by atoms with Crippen LogP contribution in [0, 0.1) is 0 Å². The van der Waals surface area contributed by atoms with E-state index in [-0.39, 0.29) is 5.78 Å². The molecule has 0 radical (unpaired) electrons. The fourth-order valence-electron chi connectivity index (χ4n) is 1.60. The molecule has 0 aliphatic carbocycles. The van der Waals surface area contributed by atoms with E-state index in [0.717, 1.165) is 11.3 Å². The van der Waals surface area contributed by atoms with Gasteiger partial charge in [-0.05, 0) is 17.7 Å². The Morgan fingerprint density at radius 3 is 2.67 bits per heavy atom. The first kappa shape index (κ1) is 12.3. The molecule has 18 heavy (non-hydrogen) atoms. The molecule has 0 bridgehead atoms. The first-order valence-electron chi connectivity index (χ1n) is 5.79. The van der Waals surface area contributed by atoms with E-state index in [9.17, 15) is 4.79 Å². The van der Waals surface area contributed by atoms with Crippen LogP contribution >= 0.6 is 0 Å². The molecule has 0 fully saturated rings. The molecule has 1 aromatic carbocycles. The zero-order chi connectivity index (χ0) is 13.0. The molecule has 94 valence electrons. The number of aromatic nitrogens is 3. The number of nitrogens with zero attached hydrogens (tertiary/aromatic N) is 3. The van der Waals surface area contributed by atoms with Crippen LogP contribution < -0.4 is 4.74 Å². The Labute approximate surface area is 105 Å². The highest BCUT2D eigenvalue weighted by Gasteiger charge is 2.08. The van der Waals surface area contributed by atoms with Gasteiger partial charge in [0.1, 0.15) is 11.4 Å². The highest BCUT2D eigenvalue weighted by molar-refractivity contribution is 5.93. The van der Waals surface area contributed by atoms with Crippen molar-refractivity contribution in [3.05, 3.63) is 41.7 Å². The highest BCUT2D eigenvalue weighted by Crippen LogP contribution is 2.12. The zero-order valence-electron chi connectivity index (χ0n) is 10.5. The van der Waals surface area contributed by atoms with Gasteiger partial charge in [-0.15, -0.1) is 5.10 Å². The summed E-state index contributed by atoms with van der Waals surface area (Å²) in [7, 11) is 1.63. The van der Waals surface area contributed by atoms with Crippen molar-refractivity contribution in [2.45, 2.75) is 19.9 Å². The smallest absolute Gasteiger partial charge is 0.184 e. The molecule has 0 spiro atoms. The lowest BCUT2D eigenvalue weighted by molar-refractivity contribution is 0.0983. The Balaban J connectivity index is 2.08. The molecule has 1 heterocycles. The van der Waals surface area contributed by atoms with Crippen molar-refractivity contribution in [3.63, 3.8) is 0 Å². The Bertz CT molecular complexity index is 531. The average molecular weight is 245 g/mol. The molecular weight excluding hydrogens is 230 g/mol. The lowest BCUT2D eigenvalue weighted by Gasteiger charge is -2.02. The summed E-state index contributed by atoms with van der Waals surface area (Å²) in [6.07, 6.45) is 2.12. The number of ketones is 1. The van der Waals surface area contributed by atoms with Crippen LogP contribution in [-0.2, 0) is 6.54 Å². The molecule has 2 aromatic rings. The van der Waals surface area contributed by atoms with E-state index in [1.807, 2.05) is 31.2 Å². The molecule has 0 aliphatic heterocycles. The summed E-state index contributed by atoms with van der Waals surface area (Å²) in [4.78, 5) is 11.4. The predicted molar refractivity (Wildman–Crippen MR) is 66.7 cm³/mol. The van der Waals surface area contributed by atoms with Crippen LogP contribution in [0.25, 0.3) is 0 Å². The second kappa shape index (κ2) is 5.44. The molecule has 0 atom stereocenters. The lowest BCUT2D eigenvalue weighted by Crippen LogP contribution is -2.00. The van der Waals surface area contributed by atoms with Gasteiger partial charge in [-0.25, -0.2) is 4.68 Å². The van der Waals surface area contributed by atoms with Crippen LogP contribution in [0.2, 0.25) is 0 Å². The summed E-state index contributed by atoms with van der Waals surface area (Å²) in [6, 6.07) is 7.71. The summed E-state index contributed by atoms with van der Waals surface area (Å²) in [5.74, 6) is 0.829. The molecule has 0 N–H and O–H groups in total. The van der Waals surface area contributed by atoms with Crippen LogP contribution in [-0.4, -0.2) is 27.9 Å². The molecule has 0 amide bonds. The van der Waals surface area contributed by atoms with E-state index >= 15 is 0 Å². The maximum Gasteiger partial charge on any atom is 0.184 e. The third-order valence-electron chi connectivity index (χ3n) is 2.65. The fraction of sp³-hybridized carbons (Fsp3) is 0.308. The predicted octanol–water partition coefficient (Wildman–Crippen LogP) is 1.93. The topological polar surface area (TPSA) is 57.0 Å². The summed E-state index contributed by atoms with van der Waals surface area (Å²) < 4.78 is 6.75. The second-order valence-electron chi connectivity index (χ2n) is 3.93. The van der Waals surface area contributed by atoms with Crippen LogP contribution in [0.15, 0.2) is 30.5 Å². The molecule has 2 rings (SSSR count). The number of rotatable bonds is 5. The van der Waals surface area contributed by atoms with Gasteiger partial charge in [0, 0.05) is 6.42 Å². The highest BCUT2D eigenvalue weighted by atomic mass is 16.5. The summed E-state index contributed by atoms with van der Waals surface area (Å²) in [6.45, 7) is 2.40. The average Bonchev–Trinajstić information content (AvgIpc) is 2.87. The van der Waals surface area contributed by atoms with Gasteiger partial charge in [-0.1, -0.05) is 24.3 Å². The third-order valence-corrected chi connectivity index (χ3v) is 2.65. The Kier molecular flexibility index (Phi) is 3.72. The molecule has 1 aromatic heterocycles. The minimum absolute atomic E-state index is 0.0102. The largest absolute Gasteiger partial charge is 0.497 e. The van der Waals surface area contributed by atoms with E-state index in [4.69, 9.17) is 4.74 Å². The van der Waals surface area contributed by atoms with Crippen LogP contribution in [0.4, 0.5) is 0 Å². The normalized spacial score (nSPS) is 10.3. The van der Waals surface area contributed by atoms with Crippen LogP contribution in [0.1, 0.15) is 29.4 Å². The van der Waals surface area contributed by atoms with Crippen molar-refractivity contribution in [2.24, 2.45) is 0 Å². The Hall–Kier alpha value is -2.17. The summed E-state index contributed by atoms with van der Waals surface area (Å²) in [5, 5.41) is 7.79. The number of carbonyl (C=O) groups is 1. The maximum absolute atomic E-state index is 11.4. The van der Waals surface area contributed by atoms with Crippen molar-refractivity contribution in [2.75, 3.05) is 7.11 Å². The molecule has 0 unspecified atom stereocenters. The number of methoxy groups -OCH3 is 1. The summed E-state index contributed by atoms with van der Waals surface area (Å²) in [5.41, 5.74) is 1.50. The van der Waals surface area contributed by atoms with E-state index in [0.29, 0.717) is 18.7 Å². The maximum atomic E-state index is 11.4. The van der Waals surface area contributed by atoms with Gasteiger partial charge in [-0.3, -0.25) is 4.79 Å². The van der Waals surface area contributed by atoms with Gasteiger partial charge in [0.2, 0.25) is 0 Å². The van der Waals surface area contributed by atoms with Crippen LogP contribution in [0.5, 0.6) is 5.75 Å². The number of hydrogen-bond acceptors (Lipinski definition) is 4. The van der Waals surface area contributed by atoms with Crippen LogP contribution in [0.3, 0.4) is 0 Å². The quantitative estimate of drug-likeness (QED) is 0.755. The molecule has 0 saturated heterocycles. The Morgan fingerprint density at radius 2 is 2.06 bits per heavy atom. The standard InChI is InChI=1S/C13H15N3O2/c1-3-13(17)12-9-16(15-14-12)8-10-4-6-11(18-2)7-5-10/h4-7,9H,3,8H2,1-2H3. The van der Waals surface area contributed by atoms with Crippen molar-refractivity contribution in [3.8, 4) is 5.75 Å². The van der Waals surface area contributed by atoms with Gasteiger partial charge < -0.3 is 4.74 Å². The van der Waals surface area contributed by atoms with Crippen molar-refractivity contribution >= 4 is 5.78 Å². The van der Waals surface area contributed by atoms with Crippen molar-refractivity contribution < 1.29 is 9.53 Å². The summed E-state index contributed by atoms with van der Waals surface area (Å²) >= 11 is 0. The first-order valence-corrected chi connectivity index (χ1v) is 5.79. The first-order chi connectivity index (χ1) is 8.72. The van der Waals surface area contributed by atoms with Gasteiger partial charge in [0.15, 0.2) is 5.78 Å². The number of carbonyl (C=O) groups excluding carboxylic acids is 1. The Morgan fingerprint density at radius 1 is 1.33 bits per heavy atom. The minimum Gasteiger partial charge on any atom is -0.497 e. The molecule has 0 saturated carbocycles. The van der Waals surface area contributed by atoms with Gasteiger partial charge >= 0.3 is 0 Å². The third kappa shape index (κ3) is 2.74. The van der Waals surface area contributed by atoms with Crippen molar-refractivity contribution in [1.29, 1.82) is 0 Å². The van der Waals surface area contributed by atoms with Crippen molar-refractivity contribution in [1.82, 2.24) is 15.0 Å². The number of hydrogen-bond donors (Lipinski definition) is 0. The van der Waals surface area contributed by atoms with E-state index in [2.05, 4.69) is 10.3 Å². The fourth-order valence-corrected chi connectivity index (χ4v) is 1.60. The molecule has 5 nitrogen and oxygen atoms in total. The second-order valence-corrected chi connectivity index (χ2v) is 3.93. The minimum atomic E-state index is 0.0102. The van der Waals surface area contributed by atoms with Gasteiger partial charge in [0.05, 0.1) is 19.9 Å². The SMILES string of the molecule is CCC(=O)c1cn(Cc2ccc(OC)cc2)nn1. The van der Waals surface area contributed by atoms with E-state index in [1.54, 1.807) is 18.0 Å². The lowest BCUT2D eigenvalue weighted by atomic mass is 10.2. The van der Waals surface area contributed by atoms with Gasteiger partial charge in [0.25, 0.3) is 0 Å². The molecular formula is C13H15N3O2. The number of ether oxygens (including phenoxy) is 1. The monoisotopic (exact) mass is 245 g/mol.